The van der Waals surface area contributed by atoms with Crippen molar-refractivity contribution in [1.82, 2.24) is 9.55 Å². The van der Waals surface area contributed by atoms with Crippen LogP contribution in [0.15, 0.2) is 54.6 Å². The molecule has 0 aliphatic carbocycles. The van der Waals surface area contributed by atoms with Crippen molar-refractivity contribution in [2.24, 2.45) is 5.73 Å². The molecule has 0 saturated carbocycles. The minimum atomic E-state index is -0.340. The summed E-state index contributed by atoms with van der Waals surface area (Å²) in [5.41, 5.74) is 10.6. The molecule has 1 aliphatic rings. The van der Waals surface area contributed by atoms with Gasteiger partial charge in [-0.1, -0.05) is 48.5 Å². The van der Waals surface area contributed by atoms with Gasteiger partial charge in [0.1, 0.15) is 5.82 Å². The van der Waals surface area contributed by atoms with Crippen LogP contribution in [0.25, 0.3) is 16.9 Å². The van der Waals surface area contributed by atoms with Gasteiger partial charge in [0, 0.05) is 12.0 Å². The second kappa shape index (κ2) is 5.39. The van der Waals surface area contributed by atoms with Crippen LogP contribution >= 0.6 is 0 Å². The maximum absolute atomic E-state index is 11.6. The van der Waals surface area contributed by atoms with Crippen LogP contribution in [0.1, 0.15) is 17.1 Å². The first-order valence-corrected chi connectivity index (χ1v) is 7.76. The van der Waals surface area contributed by atoms with Crippen LogP contribution in [-0.2, 0) is 24.1 Å². The zero-order valence-electron chi connectivity index (χ0n) is 12.7. The van der Waals surface area contributed by atoms with Crippen molar-refractivity contribution in [1.29, 1.82) is 0 Å². The molecule has 1 amide bonds. The molecule has 0 atom stereocenters. The Bertz CT molecular complexity index is 881. The summed E-state index contributed by atoms with van der Waals surface area (Å²) < 4.78 is 2.12. The average Bonchev–Trinajstić information content (AvgIpc) is 2.94. The molecule has 0 saturated heterocycles. The highest BCUT2D eigenvalue weighted by Crippen LogP contribution is 2.32. The summed E-state index contributed by atoms with van der Waals surface area (Å²) in [7, 11) is 0. The molecule has 0 radical (unpaired) electrons. The minimum absolute atomic E-state index is 0.186. The largest absolute Gasteiger partial charge is 0.369 e. The number of imidazole rings is 1. The summed E-state index contributed by atoms with van der Waals surface area (Å²) in [6.45, 7) is 0. The smallest absolute Gasteiger partial charge is 0.223 e. The Morgan fingerprint density at radius 2 is 1.78 bits per heavy atom. The maximum Gasteiger partial charge on any atom is 0.223 e. The monoisotopic (exact) mass is 303 g/mol. The molecule has 2 heterocycles. The molecule has 4 nitrogen and oxygen atoms in total. The van der Waals surface area contributed by atoms with E-state index in [1.807, 2.05) is 42.5 Å². The number of para-hydroxylation sites is 1. The van der Waals surface area contributed by atoms with Crippen molar-refractivity contribution in [2.45, 2.75) is 19.3 Å². The second-order valence-electron chi connectivity index (χ2n) is 5.80. The van der Waals surface area contributed by atoms with E-state index in [4.69, 9.17) is 10.7 Å². The van der Waals surface area contributed by atoms with Crippen molar-refractivity contribution in [3.8, 4) is 16.9 Å². The fourth-order valence-corrected chi connectivity index (χ4v) is 3.30. The van der Waals surface area contributed by atoms with Gasteiger partial charge in [0.15, 0.2) is 0 Å². The van der Waals surface area contributed by atoms with Gasteiger partial charge in [0.2, 0.25) is 5.91 Å². The highest BCUT2D eigenvalue weighted by Gasteiger charge is 2.24. The topological polar surface area (TPSA) is 60.9 Å². The van der Waals surface area contributed by atoms with Crippen LogP contribution in [0.2, 0.25) is 0 Å². The van der Waals surface area contributed by atoms with Crippen molar-refractivity contribution >= 4 is 5.91 Å². The third kappa shape index (κ3) is 2.32. The lowest BCUT2D eigenvalue weighted by atomic mass is 10.0. The van der Waals surface area contributed by atoms with Gasteiger partial charge >= 0.3 is 0 Å². The maximum atomic E-state index is 11.6. The Labute approximate surface area is 134 Å². The van der Waals surface area contributed by atoms with E-state index in [0.29, 0.717) is 0 Å². The Morgan fingerprint density at radius 3 is 2.57 bits per heavy atom. The summed E-state index contributed by atoms with van der Waals surface area (Å²) >= 11 is 0. The Kier molecular flexibility index (Phi) is 3.23. The van der Waals surface area contributed by atoms with Gasteiger partial charge in [-0.3, -0.25) is 9.36 Å². The van der Waals surface area contributed by atoms with Gasteiger partial charge < -0.3 is 5.73 Å². The molecular formula is C19H17N3O. The standard InChI is InChI=1S/C19H17N3O/c20-17(23)12-16-19(14-7-2-1-3-8-14)21-18-11-10-13-6-4-5-9-15(13)22(16)18/h1-9H,10-12H2,(H2,20,23). The Morgan fingerprint density at radius 1 is 1.04 bits per heavy atom. The lowest BCUT2D eigenvalue weighted by Gasteiger charge is -2.20. The van der Waals surface area contributed by atoms with Crippen LogP contribution in [0, 0.1) is 0 Å². The summed E-state index contributed by atoms with van der Waals surface area (Å²) in [6.07, 6.45) is 2.03. The van der Waals surface area contributed by atoms with Crippen LogP contribution in [0.5, 0.6) is 0 Å². The highest BCUT2D eigenvalue weighted by atomic mass is 16.1. The molecule has 0 spiro atoms. The average molecular weight is 303 g/mol. The predicted molar refractivity (Wildman–Crippen MR) is 89.3 cm³/mol. The number of carbonyl (C=O) groups excluding carboxylic acids is 1. The second-order valence-corrected chi connectivity index (χ2v) is 5.80. The number of nitrogens with two attached hydrogens (primary N) is 1. The van der Waals surface area contributed by atoms with E-state index < -0.39 is 0 Å². The lowest BCUT2D eigenvalue weighted by molar-refractivity contribution is -0.117. The van der Waals surface area contributed by atoms with Gasteiger partial charge in [-0.2, -0.15) is 0 Å². The molecule has 4 rings (SSSR count). The first-order chi connectivity index (χ1) is 11.2. The Hall–Kier alpha value is -2.88. The number of benzene rings is 2. The van der Waals surface area contributed by atoms with E-state index in [0.717, 1.165) is 41.3 Å². The number of hydrogen-bond acceptors (Lipinski definition) is 2. The number of aromatic nitrogens is 2. The first-order valence-electron chi connectivity index (χ1n) is 7.76. The van der Waals surface area contributed by atoms with Crippen molar-refractivity contribution in [3.05, 3.63) is 71.7 Å². The summed E-state index contributed by atoms with van der Waals surface area (Å²) in [6, 6.07) is 18.3. The fourth-order valence-electron chi connectivity index (χ4n) is 3.30. The minimum Gasteiger partial charge on any atom is -0.369 e. The SMILES string of the molecule is NC(=O)Cc1c(-c2ccccc2)nc2n1-c1ccccc1CC2. The van der Waals surface area contributed by atoms with Gasteiger partial charge in [0.25, 0.3) is 0 Å². The molecular weight excluding hydrogens is 286 g/mol. The van der Waals surface area contributed by atoms with E-state index in [-0.39, 0.29) is 12.3 Å². The van der Waals surface area contributed by atoms with Crippen molar-refractivity contribution in [2.75, 3.05) is 0 Å². The van der Waals surface area contributed by atoms with E-state index in [1.165, 1.54) is 5.56 Å². The number of primary amides is 1. The third-order valence-corrected chi connectivity index (χ3v) is 4.28. The van der Waals surface area contributed by atoms with E-state index in [1.54, 1.807) is 0 Å². The summed E-state index contributed by atoms with van der Waals surface area (Å²) in [5.74, 6) is 0.659. The van der Waals surface area contributed by atoms with Crippen molar-refractivity contribution in [3.63, 3.8) is 0 Å². The van der Waals surface area contributed by atoms with Gasteiger partial charge in [-0.25, -0.2) is 4.98 Å². The quantitative estimate of drug-likeness (QED) is 0.808. The molecule has 0 unspecified atom stereocenters. The van der Waals surface area contributed by atoms with Gasteiger partial charge in [-0.15, -0.1) is 0 Å². The molecule has 1 aromatic heterocycles. The Balaban J connectivity index is 1.97. The molecule has 0 bridgehead atoms. The number of amides is 1. The molecule has 2 aromatic carbocycles. The van der Waals surface area contributed by atoms with E-state index in [9.17, 15) is 4.79 Å². The number of carbonyl (C=O) groups is 1. The number of hydrogen-bond donors (Lipinski definition) is 1. The molecule has 114 valence electrons. The summed E-state index contributed by atoms with van der Waals surface area (Å²) in [5, 5.41) is 0. The number of nitrogens with zero attached hydrogens (tertiary/aromatic N) is 2. The van der Waals surface area contributed by atoms with Gasteiger partial charge in [-0.05, 0) is 18.1 Å². The summed E-state index contributed by atoms with van der Waals surface area (Å²) in [4.78, 5) is 16.5. The van der Waals surface area contributed by atoms with Crippen LogP contribution in [-0.4, -0.2) is 15.5 Å². The molecule has 23 heavy (non-hydrogen) atoms. The molecule has 1 aliphatic heterocycles. The first kappa shape index (κ1) is 13.8. The van der Waals surface area contributed by atoms with E-state index >= 15 is 0 Å². The molecule has 4 heteroatoms. The zero-order valence-corrected chi connectivity index (χ0v) is 12.7. The number of aryl methyl sites for hydroxylation is 2. The van der Waals surface area contributed by atoms with Crippen LogP contribution < -0.4 is 5.73 Å². The normalized spacial score (nSPS) is 12.5. The molecule has 0 fully saturated rings. The third-order valence-electron chi connectivity index (χ3n) is 4.28. The van der Waals surface area contributed by atoms with Crippen LogP contribution in [0.4, 0.5) is 0 Å². The van der Waals surface area contributed by atoms with Crippen LogP contribution in [0.3, 0.4) is 0 Å². The predicted octanol–water partition coefficient (Wildman–Crippen LogP) is 2.67. The van der Waals surface area contributed by atoms with Gasteiger partial charge in [0.05, 0.1) is 23.5 Å². The highest BCUT2D eigenvalue weighted by molar-refractivity contribution is 5.79. The number of rotatable bonds is 3. The zero-order chi connectivity index (χ0) is 15.8. The molecule has 2 N–H and O–H groups in total. The fraction of sp³-hybridized carbons (Fsp3) is 0.158. The van der Waals surface area contributed by atoms with Crippen molar-refractivity contribution < 1.29 is 4.79 Å². The lowest BCUT2D eigenvalue weighted by Crippen LogP contribution is -2.19. The molecule has 3 aromatic rings. The van der Waals surface area contributed by atoms with E-state index in [2.05, 4.69) is 16.7 Å². The number of fused-ring (bicyclic) bond motifs is 3.